The zero-order valence-corrected chi connectivity index (χ0v) is 11.2. The van der Waals surface area contributed by atoms with Gasteiger partial charge < -0.3 is 20.3 Å². The van der Waals surface area contributed by atoms with Crippen molar-refractivity contribution in [2.45, 2.75) is 32.1 Å². The van der Waals surface area contributed by atoms with E-state index in [1.807, 2.05) is 11.5 Å². The maximum atomic E-state index is 9.14. The highest BCUT2D eigenvalue weighted by Gasteiger charge is 2.28. The number of hydrogen-bond acceptors (Lipinski definition) is 7. The molecule has 108 valence electrons. The van der Waals surface area contributed by atoms with Gasteiger partial charge in [-0.25, -0.2) is 4.98 Å². The van der Waals surface area contributed by atoms with Crippen molar-refractivity contribution in [3.05, 3.63) is 6.33 Å². The summed E-state index contributed by atoms with van der Waals surface area (Å²) in [6.45, 7) is 2.36. The lowest BCUT2D eigenvalue weighted by Crippen LogP contribution is -2.14. The van der Waals surface area contributed by atoms with Crippen LogP contribution in [0.4, 0.5) is 5.95 Å². The van der Waals surface area contributed by atoms with Crippen LogP contribution in [0.25, 0.3) is 11.2 Å². The number of nitrogens with two attached hydrogens (primary N) is 1. The quantitative estimate of drug-likeness (QED) is 0.837. The first-order chi connectivity index (χ1) is 9.72. The summed E-state index contributed by atoms with van der Waals surface area (Å²) >= 11 is 0. The van der Waals surface area contributed by atoms with Gasteiger partial charge in [0.05, 0.1) is 25.6 Å². The van der Waals surface area contributed by atoms with Gasteiger partial charge in [0, 0.05) is 0 Å². The van der Waals surface area contributed by atoms with Gasteiger partial charge in [-0.05, 0) is 19.8 Å². The minimum atomic E-state index is -0.194. The Labute approximate surface area is 115 Å². The Morgan fingerprint density at radius 3 is 3.05 bits per heavy atom. The number of nitrogen functional groups attached to an aromatic ring is 1. The summed E-state index contributed by atoms with van der Waals surface area (Å²) in [7, 11) is 0. The Balaban J connectivity index is 2.00. The molecule has 0 radical (unpaired) electrons. The Hall–Kier alpha value is -1.93. The maximum Gasteiger partial charge on any atom is 0.247 e. The lowest BCUT2D eigenvalue weighted by Gasteiger charge is -2.14. The van der Waals surface area contributed by atoms with Gasteiger partial charge in [-0.2, -0.15) is 9.97 Å². The average Bonchev–Trinajstić information content (AvgIpc) is 3.04. The molecule has 1 aliphatic heterocycles. The maximum absolute atomic E-state index is 9.14. The van der Waals surface area contributed by atoms with Crippen molar-refractivity contribution in [3.8, 4) is 5.88 Å². The number of rotatable bonds is 4. The third-order valence-electron chi connectivity index (χ3n) is 3.29. The molecule has 2 aromatic heterocycles. The van der Waals surface area contributed by atoms with Gasteiger partial charge in [0.1, 0.15) is 6.23 Å². The summed E-state index contributed by atoms with van der Waals surface area (Å²) in [6, 6.07) is 0. The lowest BCUT2D eigenvalue weighted by molar-refractivity contribution is -0.0207. The van der Waals surface area contributed by atoms with Crippen LogP contribution in [0.15, 0.2) is 6.33 Å². The Kier molecular flexibility index (Phi) is 3.41. The van der Waals surface area contributed by atoms with Crippen molar-refractivity contribution < 1.29 is 14.6 Å². The fourth-order valence-electron chi connectivity index (χ4n) is 2.38. The highest BCUT2D eigenvalue weighted by Crippen LogP contribution is 2.32. The van der Waals surface area contributed by atoms with Crippen molar-refractivity contribution in [3.63, 3.8) is 0 Å². The first-order valence-electron chi connectivity index (χ1n) is 6.62. The van der Waals surface area contributed by atoms with Gasteiger partial charge in [0.15, 0.2) is 11.2 Å². The zero-order chi connectivity index (χ0) is 14.1. The van der Waals surface area contributed by atoms with Crippen molar-refractivity contribution in [2.24, 2.45) is 0 Å². The van der Waals surface area contributed by atoms with E-state index in [-0.39, 0.29) is 24.9 Å². The molecule has 8 nitrogen and oxygen atoms in total. The van der Waals surface area contributed by atoms with Gasteiger partial charge in [-0.15, -0.1) is 0 Å². The van der Waals surface area contributed by atoms with E-state index in [1.54, 1.807) is 6.33 Å². The first kappa shape index (κ1) is 13.1. The van der Waals surface area contributed by atoms with E-state index in [0.717, 1.165) is 12.8 Å². The fraction of sp³-hybridized carbons (Fsp3) is 0.583. The predicted molar refractivity (Wildman–Crippen MR) is 71.1 cm³/mol. The van der Waals surface area contributed by atoms with Crippen LogP contribution in [-0.4, -0.2) is 43.9 Å². The normalized spacial score (nSPS) is 22.5. The summed E-state index contributed by atoms with van der Waals surface area (Å²) in [5, 5.41) is 9.14. The number of aliphatic hydroxyl groups is 1. The van der Waals surface area contributed by atoms with Crippen LogP contribution in [0.1, 0.15) is 26.0 Å². The number of hydrogen-bond donors (Lipinski definition) is 2. The molecule has 0 amide bonds. The number of aliphatic hydroxyl groups excluding tert-OH is 1. The van der Waals surface area contributed by atoms with Crippen molar-refractivity contribution >= 4 is 17.1 Å². The summed E-state index contributed by atoms with van der Waals surface area (Å²) in [5.74, 6) is 0.518. The second-order valence-corrected chi connectivity index (χ2v) is 4.62. The highest BCUT2D eigenvalue weighted by atomic mass is 16.5. The van der Waals surface area contributed by atoms with Crippen molar-refractivity contribution in [2.75, 3.05) is 18.9 Å². The largest absolute Gasteiger partial charge is 0.476 e. The second-order valence-electron chi connectivity index (χ2n) is 4.62. The molecule has 0 spiro atoms. The predicted octanol–water partition coefficient (Wildman–Crippen LogP) is 0.477. The Morgan fingerprint density at radius 2 is 2.35 bits per heavy atom. The van der Waals surface area contributed by atoms with E-state index in [2.05, 4.69) is 15.0 Å². The molecule has 3 heterocycles. The molecule has 0 saturated carbocycles. The number of anilines is 1. The number of nitrogens with zero attached hydrogens (tertiary/aromatic N) is 4. The SMILES string of the molecule is CCOc1nc(N)nc2c1ncn2C1CCC(CO)O1. The molecular formula is C12H17N5O3. The molecule has 8 heteroatoms. The molecule has 1 fully saturated rings. The van der Waals surface area contributed by atoms with Crippen LogP contribution in [-0.2, 0) is 4.74 Å². The first-order valence-corrected chi connectivity index (χ1v) is 6.62. The average molecular weight is 279 g/mol. The van der Waals surface area contributed by atoms with Crippen LogP contribution in [0.2, 0.25) is 0 Å². The molecule has 0 bridgehead atoms. The van der Waals surface area contributed by atoms with Gasteiger partial charge in [0.25, 0.3) is 0 Å². The lowest BCUT2D eigenvalue weighted by atomic mass is 10.2. The molecule has 1 saturated heterocycles. The van der Waals surface area contributed by atoms with Gasteiger partial charge >= 0.3 is 0 Å². The van der Waals surface area contributed by atoms with E-state index in [1.165, 1.54) is 0 Å². The summed E-state index contributed by atoms with van der Waals surface area (Å²) in [4.78, 5) is 12.6. The van der Waals surface area contributed by atoms with Crippen LogP contribution in [0, 0.1) is 0 Å². The standard InChI is InChI=1S/C12H17N5O3/c1-2-19-11-9-10(15-12(13)16-11)17(6-14-9)8-4-3-7(5-18)20-8/h6-8,18H,2-5H2,1H3,(H2,13,15,16). The second kappa shape index (κ2) is 5.22. The third-order valence-corrected chi connectivity index (χ3v) is 3.29. The molecule has 2 unspecified atom stereocenters. The van der Waals surface area contributed by atoms with Crippen LogP contribution >= 0.6 is 0 Å². The molecular weight excluding hydrogens is 262 g/mol. The van der Waals surface area contributed by atoms with E-state index in [4.69, 9.17) is 20.3 Å². The smallest absolute Gasteiger partial charge is 0.247 e. The minimum absolute atomic E-state index is 0.0183. The van der Waals surface area contributed by atoms with Crippen LogP contribution < -0.4 is 10.5 Å². The number of ether oxygens (including phenoxy) is 2. The topological polar surface area (TPSA) is 108 Å². The summed E-state index contributed by atoms with van der Waals surface area (Å²) in [5.41, 5.74) is 6.87. The van der Waals surface area contributed by atoms with Gasteiger partial charge in [-0.1, -0.05) is 0 Å². The van der Waals surface area contributed by atoms with E-state index < -0.39 is 0 Å². The number of fused-ring (bicyclic) bond motifs is 1. The Bertz CT molecular complexity index is 614. The Morgan fingerprint density at radius 1 is 1.50 bits per heavy atom. The molecule has 0 aromatic carbocycles. The molecule has 0 aliphatic carbocycles. The molecule has 3 N–H and O–H groups in total. The third kappa shape index (κ3) is 2.16. The van der Waals surface area contributed by atoms with Crippen LogP contribution in [0.3, 0.4) is 0 Å². The number of aromatic nitrogens is 4. The zero-order valence-electron chi connectivity index (χ0n) is 11.2. The van der Waals surface area contributed by atoms with E-state index in [9.17, 15) is 0 Å². The molecule has 1 aliphatic rings. The molecule has 2 aromatic rings. The number of imidazole rings is 1. The van der Waals surface area contributed by atoms with Gasteiger partial charge in [0.2, 0.25) is 11.8 Å². The van der Waals surface area contributed by atoms with Gasteiger partial charge in [-0.3, -0.25) is 4.57 Å². The summed E-state index contributed by atoms with van der Waals surface area (Å²) in [6.07, 6.45) is 2.92. The fourth-order valence-corrected chi connectivity index (χ4v) is 2.38. The van der Waals surface area contributed by atoms with Crippen molar-refractivity contribution in [1.29, 1.82) is 0 Å². The molecule has 20 heavy (non-hydrogen) atoms. The summed E-state index contributed by atoms with van der Waals surface area (Å²) < 4.78 is 13.0. The molecule has 2 atom stereocenters. The highest BCUT2D eigenvalue weighted by molar-refractivity contribution is 5.77. The van der Waals surface area contributed by atoms with E-state index in [0.29, 0.717) is 23.7 Å². The molecule has 3 rings (SSSR count). The van der Waals surface area contributed by atoms with Crippen molar-refractivity contribution in [1.82, 2.24) is 19.5 Å². The van der Waals surface area contributed by atoms with Crippen LogP contribution in [0.5, 0.6) is 5.88 Å². The minimum Gasteiger partial charge on any atom is -0.476 e. The monoisotopic (exact) mass is 279 g/mol. The van der Waals surface area contributed by atoms with E-state index >= 15 is 0 Å².